The Kier molecular flexibility index (Phi) is 5.54. The van der Waals surface area contributed by atoms with Crippen LogP contribution in [0.1, 0.15) is 35.6 Å². The first-order valence-electron chi connectivity index (χ1n) is 8.92. The minimum atomic E-state index is -0.247. The molecule has 1 amide bonds. The maximum Gasteiger partial charge on any atom is 0.255 e. The number of aryl methyl sites for hydroxylation is 2. The molecule has 1 N–H and O–H groups in total. The molecule has 0 radical (unpaired) electrons. The molecule has 1 heterocycles. The number of aromatic nitrogens is 2. The lowest BCUT2D eigenvalue weighted by molar-refractivity contribution is 0.102. The van der Waals surface area contributed by atoms with Crippen LogP contribution in [0.5, 0.6) is 11.5 Å². The van der Waals surface area contributed by atoms with Gasteiger partial charge in [0.1, 0.15) is 11.5 Å². The van der Waals surface area contributed by atoms with Crippen molar-refractivity contribution in [3.63, 3.8) is 0 Å². The highest BCUT2D eigenvalue weighted by Gasteiger charge is 2.13. The number of ether oxygens (including phenoxy) is 2. The fourth-order valence-electron chi connectivity index (χ4n) is 2.94. The number of rotatable bonds is 6. The minimum Gasteiger partial charge on any atom is -0.497 e. The number of carbonyl (C=O) groups excluding carboxylic acids is 1. The van der Waals surface area contributed by atoms with Gasteiger partial charge in [-0.25, -0.2) is 9.97 Å². The van der Waals surface area contributed by atoms with E-state index >= 15 is 0 Å². The zero-order chi connectivity index (χ0) is 19.4. The quantitative estimate of drug-likeness (QED) is 0.714. The number of methoxy groups -OCH3 is 2. The predicted octanol–water partition coefficient (Wildman–Crippen LogP) is 4.02. The first-order valence-corrected chi connectivity index (χ1v) is 8.92. The van der Waals surface area contributed by atoms with Gasteiger partial charge < -0.3 is 14.8 Å². The highest BCUT2D eigenvalue weighted by atomic mass is 16.5. The Morgan fingerprint density at radius 2 is 1.63 bits per heavy atom. The third kappa shape index (κ3) is 3.84. The number of nitrogens with zero attached hydrogens (tertiary/aromatic N) is 2. The molecular weight excluding hydrogens is 342 g/mol. The van der Waals surface area contributed by atoms with Crippen LogP contribution in [0.4, 0.5) is 5.69 Å². The fraction of sp³-hybridized carbons (Fsp3) is 0.286. The monoisotopic (exact) mass is 365 g/mol. The van der Waals surface area contributed by atoms with Crippen LogP contribution >= 0.6 is 0 Å². The summed E-state index contributed by atoms with van der Waals surface area (Å²) < 4.78 is 10.5. The number of benzene rings is 2. The van der Waals surface area contributed by atoms with Crippen molar-refractivity contribution < 1.29 is 14.3 Å². The van der Waals surface area contributed by atoms with Crippen molar-refractivity contribution in [3.05, 3.63) is 53.3 Å². The lowest BCUT2D eigenvalue weighted by Gasteiger charge is -2.12. The normalized spacial score (nSPS) is 10.7. The lowest BCUT2D eigenvalue weighted by atomic mass is 10.1. The molecule has 2 aromatic carbocycles. The van der Waals surface area contributed by atoms with Gasteiger partial charge in [-0.3, -0.25) is 4.79 Å². The van der Waals surface area contributed by atoms with Gasteiger partial charge >= 0.3 is 0 Å². The van der Waals surface area contributed by atoms with Crippen LogP contribution in [-0.2, 0) is 12.8 Å². The van der Waals surface area contributed by atoms with Gasteiger partial charge in [0.05, 0.1) is 42.3 Å². The van der Waals surface area contributed by atoms with E-state index in [1.165, 1.54) is 0 Å². The van der Waals surface area contributed by atoms with Crippen molar-refractivity contribution in [1.82, 2.24) is 9.97 Å². The highest BCUT2D eigenvalue weighted by Crippen LogP contribution is 2.29. The Morgan fingerprint density at radius 3 is 2.26 bits per heavy atom. The second kappa shape index (κ2) is 8.03. The molecule has 3 rings (SSSR count). The molecule has 0 unspecified atom stereocenters. The SMILES string of the molecule is CCc1nc2ccc(C(=O)Nc3cc(OC)ccc3OC)cc2nc1CC. The summed E-state index contributed by atoms with van der Waals surface area (Å²) >= 11 is 0. The van der Waals surface area contributed by atoms with Crippen molar-refractivity contribution in [1.29, 1.82) is 0 Å². The highest BCUT2D eigenvalue weighted by molar-refractivity contribution is 6.06. The first kappa shape index (κ1) is 18.6. The van der Waals surface area contributed by atoms with E-state index in [2.05, 4.69) is 29.1 Å². The van der Waals surface area contributed by atoms with E-state index in [1.807, 2.05) is 6.07 Å². The summed E-state index contributed by atoms with van der Waals surface area (Å²) in [4.78, 5) is 22.1. The third-order valence-corrected chi connectivity index (χ3v) is 4.41. The molecule has 0 spiro atoms. The molecule has 1 aromatic heterocycles. The summed E-state index contributed by atoms with van der Waals surface area (Å²) in [6, 6.07) is 10.6. The number of amides is 1. The van der Waals surface area contributed by atoms with E-state index in [4.69, 9.17) is 9.47 Å². The minimum absolute atomic E-state index is 0.247. The van der Waals surface area contributed by atoms with Crippen LogP contribution in [0.15, 0.2) is 36.4 Å². The van der Waals surface area contributed by atoms with Crippen LogP contribution in [0.25, 0.3) is 11.0 Å². The molecule has 0 saturated heterocycles. The third-order valence-electron chi connectivity index (χ3n) is 4.41. The van der Waals surface area contributed by atoms with E-state index in [0.717, 1.165) is 29.7 Å². The number of nitrogens with one attached hydrogen (secondary N) is 1. The molecule has 0 aliphatic rings. The Bertz CT molecular complexity index is 986. The van der Waals surface area contributed by atoms with Gasteiger partial charge in [-0.2, -0.15) is 0 Å². The van der Waals surface area contributed by atoms with Gasteiger partial charge in [-0.1, -0.05) is 13.8 Å². The standard InChI is InChI=1S/C21H23N3O3/c1-5-15-16(6-2)23-18-11-13(7-9-17(18)22-15)21(25)24-19-12-14(26-3)8-10-20(19)27-4/h7-12H,5-6H2,1-4H3,(H,24,25). The summed E-state index contributed by atoms with van der Waals surface area (Å²) in [5.41, 5.74) is 4.53. The molecule has 3 aromatic rings. The van der Waals surface area contributed by atoms with Gasteiger partial charge in [0.25, 0.3) is 5.91 Å². The van der Waals surface area contributed by atoms with Crippen LogP contribution in [0.2, 0.25) is 0 Å². The van der Waals surface area contributed by atoms with Crippen molar-refractivity contribution >= 4 is 22.6 Å². The predicted molar refractivity (Wildman–Crippen MR) is 106 cm³/mol. The van der Waals surface area contributed by atoms with Crippen LogP contribution in [0.3, 0.4) is 0 Å². The Morgan fingerprint density at radius 1 is 0.926 bits per heavy atom. The van der Waals surface area contributed by atoms with Gasteiger partial charge in [0, 0.05) is 11.6 Å². The zero-order valence-electron chi connectivity index (χ0n) is 16.0. The van der Waals surface area contributed by atoms with Crippen LogP contribution < -0.4 is 14.8 Å². The summed E-state index contributed by atoms with van der Waals surface area (Å²) in [6.07, 6.45) is 1.65. The molecule has 140 valence electrons. The van der Waals surface area contributed by atoms with Crippen molar-refractivity contribution in [3.8, 4) is 11.5 Å². The molecule has 0 aliphatic heterocycles. The van der Waals surface area contributed by atoms with Crippen LogP contribution in [0, 0.1) is 0 Å². The number of hydrogen-bond acceptors (Lipinski definition) is 5. The molecule has 6 nitrogen and oxygen atoms in total. The molecule has 27 heavy (non-hydrogen) atoms. The number of carbonyl (C=O) groups is 1. The van der Waals surface area contributed by atoms with E-state index in [-0.39, 0.29) is 5.91 Å². The Balaban J connectivity index is 1.94. The maximum absolute atomic E-state index is 12.7. The fourth-order valence-corrected chi connectivity index (χ4v) is 2.94. The molecule has 0 aliphatic carbocycles. The molecular formula is C21H23N3O3. The number of fused-ring (bicyclic) bond motifs is 1. The maximum atomic E-state index is 12.7. The molecule has 6 heteroatoms. The summed E-state index contributed by atoms with van der Waals surface area (Å²) in [6.45, 7) is 4.12. The number of hydrogen-bond donors (Lipinski definition) is 1. The topological polar surface area (TPSA) is 73.3 Å². The van der Waals surface area contributed by atoms with E-state index < -0.39 is 0 Å². The zero-order valence-corrected chi connectivity index (χ0v) is 16.0. The summed E-state index contributed by atoms with van der Waals surface area (Å²) in [5.74, 6) is 0.948. The first-order chi connectivity index (χ1) is 13.1. The molecule has 0 fully saturated rings. The lowest BCUT2D eigenvalue weighted by Crippen LogP contribution is -2.13. The Hall–Kier alpha value is -3.15. The van der Waals surface area contributed by atoms with Crippen molar-refractivity contribution in [2.75, 3.05) is 19.5 Å². The average molecular weight is 365 g/mol. The molecule has 0 bridgehead atoms. The van der Waals surface area contributed by atoms with Gasteiger partial charge in [-0.05, 0) is 43.2 Å². The number of anilines is 1. The van der Waals surface area contributed by atoms with Crippen LogP contribution in [-0.4, -0.2) is 30.1 Å². The summed E-state index contributed by atoms with van der Waals surface area (Å²) in [7, 11) is 3.13. The smallest absolute Gasteiger partial charge is 0.255 e. The second-order valence-corrected chi connectivity index (χ2v) is 6.05. The van der Waals surface area contributed by atoms with Gasteiger partial charge in [-0.15, -0.1) is 0 Å². The van der Waals surface area contributed by atoms with Gasteiger partial charge in [0.15, 0.2) is 0 Å². The summed E-state index contributed by atoms with van der Waals surface area (Å²) in [5, 5.41) is 2.88. The van der Waals surface area contributed by atoms with E-state index in [1.54, 1.807) is 44.6 Å². The molecule has 0 saturated carbocycles. The largest absolute Gasteiger partial charge is 0.497 e. The van der Waals surface area contributed by atoms with Crippen molar-refractivity contribution in [2.45, 2.75) is 26.7 Å². The van der Waals surface area contributed by atoms with E-state index in [0.29, 0.717) is 28.3 Å². The Labute approximate surface area is 158 Å². The van der Waals surface area contributed by atoms with E-state index in [9.17, 15) is 4.79 Å². The van der Waals surface area contributed by atoms with Gasteiger partial charge in [0.2, 0.25) is 0 Å². The average Bonchev–Trinajstić information content (AvgIpc) is 2.71. The molecule has 0 atom stereocenters. The van der Waals surface area contributed by atoms with Crippen molar-refractivity contribution in [2.24, 2.45) is 0 Å². The second-order valence-electron chi connectivity index (χ2n) is 6.05.